The van der Waals surface area contributed by atoms with Gasteiger partial charge in [0.15, 0.2) is 0 Å². The molecule has 0 unspecified atom stereocenters. The number of alkyl halides is 2. The van der Waals surface area contributed by atoms with Crippen LogP contribution in [0.25, 0.3) is 10.9 Å². The Morgan fingerprint density at radius 3 is 2.43 bits per heavy atom. The number of hydrogen-bond acceptors (Lipinski definition) is 2. The zero-order valence-corrected chi connectivity index (χ0v) is 12.1. The molecule has 0 aliphatic carbocycles. The summed E-state index contributed by atoms with van der Waals surface area (Å²) in [5.41, 5.74) is 1.94. The van der Waals surface area contributed by atoms with Gasteiger partial charge >= 0.3 is 0 Å². The van der Waals surface area contributed by atoms with E-state index >= 15 is 0 Å². The summed E-state index contributed by atoms with van der Waals surface area (Å²) >= 11 is 0. The Balaban J connectivity index is 2.01. The molecule has 0 atom stereocenters. The Labute approximate surface area is 123 Å². The summed E-state index contributed by atoms with van der Waals surface area (Å²) in [6, 6.07) is 5.39. The molecule has 0 amide bonds. The van der Waals surface area contributed by atoms with Crippen LogP contribution < -0.4 is 0 Å². The number of aromatic amines is 1. The Kier molecular flexibility index (Phi) is 5.99. The SMILES string of the molecule is Oc1cccc2[nH]cc(CCN(CCCF)CCCF)c12. The highest BCUT2D eigenvalue weighted by Gasteiger charge is 2.10. The molecule has 1 heterocycles. The number of halogens is 2. The largest absolute Gasteiger partial charge is 0.507 e. The minimum Gasteiger partial charge on any atom is -0.507 e. The fourth-order valence-corrected chi connectivity index (χ4v) is 2.61. The number of aromatic nitrogens is 1. The molecule has 0 aliphatic rings. The van der Waals surface area contributed by atoms with E-state index in [2.05, 4.69) is 9.88 Å². The summed E-state index contributed by atoms with van der Waals surface area (Å²) in [5.74, 6) is 0.266. The van der Waals surface area contributed by atoms with E-state index < -0.39 is 0 Å². The molecule has 2 rings (SSSR count). The molecule has 0 bridgehead atoms. The van der Waals surface area contributed by atoms with Crippen molar-refractivity contribution in [3.63, 3.8) is 0 Å². The lowest BCUT2D eigenvalue weighted by molar-refractivity contribution is 0.249. The second-order valence-electron chi connectivity index (χ2n) is 5.19. The van der Waals surface area contributed by atoms with Crippen molar-refractivity contribution in [2.75, 3.05) is 33.0 Å². The van der Waals surface area contributed by atoms with E-state index in [1.165, 1.54) is 0 Å². The maximum Gasteiger partial charge on any atom is 0.125 e. The number of rotatable bonds is 9. The maximum absolute atomic E-state index is 12.3. The molecule has 3 nitrogen and oxygen atoms in total. The van der Waals surface area contributed by atoms with Gasteiger partial charge in [-0.3, -0.25) is 8.78 Å². The molecule has 0 saturated heterocycles. The number of H-pyrrole nitrogens is 1. The van der Waals surface area contributed by atoms with Crippen molar-refractivity contribution in [1.29, 1.82) is 0 Å². The summed E-state index contributed by atoms with van der Waals surface area (Å²) < 4.78 is 24.6. The first-order valence-corrected chi connectivity index (χ1v) is 7.38. The van der Waals surface area contributed by atoms with Gasteiger partial charge in [0, 0.05) is 36.7 Å². The van der Waals surface area contributed by atoms with Crippen LogP contribution in [0.4, 0.5) is 8.78 Å². The molecular formula is C16H22F2N2O. The van der Waals surface area contributed by atoms with Crippen molar-refractivity contribution in [2.45, 2.75) is 19.3 Å². The van der Waals surface area contributed by atoms with Crippen molar-refractivity contribution < 1.29 is 13.9 Å². The van der Waals surface area contributed by atoms with Crippen molar-refractivity contribution in [2.24, 2.45) is 0 Å². The van der Waals surface area contributed by atoms with Crippen molar-refractivity contribution in [3.05, 3.63) is 30.0 Å². The third-order valence-electron chi connectivity index (χ3n) is 3.68. The number of aromatic hydroxyl groups is 1. The van der Waals surface area contributed by atoms with Gasteiger partial charge in [-0.25, -0.2) is 0 Å². The third kappa shape index (κ3) is 4.17. The fourth-order valence-electron chi connectivity index (χ4n) is 2.61. The zero-order chi connectivity index (χ0) is 15.1. The second kappa shape index (κ2) is 7.98. The molecule has 2 N–H and O–H groups in total. The van der Waals surface area contributed by atoms with Crippen LogP contribution in [0.15, 0.2) is 24.4 Å². The van der Waals surface area contributed by atoms with E-state index in [4.69, 9.17) is 0 Å². The Morgan fingerprint density at radius 2 is 1.76 bits per heavy atom. The maximum atomic E-state index is 12.3. The Hall–Kier alpha value is -1.62. The fraction of sp³-hybridized carbons (Fsp3) is 0.500. The normalized spacial score (nSPS) is 11.6. The van der Waals surface area contributed by atoms with Gasteiger partial charge in [-0.15, -0.1) is 0 Å². The molecular weight excluding hydrogens is 274 g/mol. The quantitative estimate of drug-likeness (QED) is 0.744. The average Bonchev–Trinajstić information content (AvgIpc) is 2.91. The highest BCUT2D eigenvalue weighted by atomic mass is 19.1. The van der Waals surface area contributed by atoms with Crippen LogP contribution in [0.1, 0.15) is 18.4 Å². The first kappa shape index (κ1) is 15.8. The summed E-state index contributed by atoms with van der Waals surface area (Å²) in [7, 11) is 0. The highest BCUT2D eigenvalue weighted by molar-refractivity contribution is 5.88. The Bertz CT molecular complexity index is 548. The van der Waals surface area contributed by atoms with Crippen LogP contribution in [0.2, 0.25) is 0 Å². The minimum atomic E-state index is -0.347. The summed E-state index contributed by atoms with van der Waals surface area (Å²) in [5, 5.41) is 10.8. The molecule has 0 spiro atoms. The van der Waals surface area contributed by atoms with Gasteiger partial charge in [-0.1, -0.05) is 6.07 Å². The smallest absolute Gasteiger partial charge is 0.125 e. The van der Waals surface area contributed by atoms with Crippen molar-refractivity contribution in [1.82, 2.24) is 9.88 Å². The molecule has 116 valence electrons. The highest BCUT2D eigenvalue weighted by Crippen LogP contribution is 2.27. The standard InChI is InChI=1S/C16H22F2N2O/c17-7-2-9-20(10-3-8-18)11-6-13-12-19-14-4-1-5-15(21)16(13)14/h1,4-5,12,19,21H,2-3,6-11H2. The van der Waals surface area contributed by atoms with Crippen molar-refractivity contribution >= 4 is 10.9 Å². The van der Waals surface area contributed by atoms with Crippen LogP contribution >= 0.6 is 0 Å². The molecule has 2 aromatic rings. The minimum absolute atomic E-state index is 0.266. The Morgan fingerprint density at radius 1 is 1.05 bits per heavy atom. The summed E-state index contributed by atoms with van der Waals surface area (Å²) in [6.45, 7) is 1.33. The van der Waals surface area contributed by atoms with E-state index in [9.17, 15) is 13.9 Å². The number of nitrogens with zero attached hydrogens (tertiary/aromatic N) is 1. The number of nitrogens with one attached hydrogen (secondary N) is 1. The molecule has 0 fully saturated rings. The van der Waals surface area contributed by atoms with Crippen LogP contribution in [0, 0.1) is 0 Å². The second-order valence-corrected chi connectivity index (χ2v) is 5.19. The predicted molar refractivity (Wildman–Crippen MR) is 81.3 cm³/mol. The number of benzene rings is 1. The summed E-state index contributed by atoms with van der Waals surface area (Å²) in [6.07, 6.45) is 3.60. The summed E-state index contributed by atoms with van der Waals surface area (Å²) in [4.78, 5) is 5.22. The van der Waals surface area contributed by atoms with Crippen molar-refractivity contribution in [3.8, 4) is 5.75 Å². The monoisotopic (exact) mass is 296 g/mol. The third-order valence-corrected chi connectivity index (χ3v) is 3.68. The molecule has 21 heavy (non-hydrogen) atoms. The van der Waals surface area contributed by atoms with Gasteiger partial charge in [0.25, 0.3) is 0 Å². The average molecular weight is 296 g/mol. The lowest BCUT2D eigenvalue weighted by Crippen LogP contribution is -2.29. The van der Waals surface area contributed by atoms with Crippen LogP contribution in [0.5, 0.6) is 5.75 Å². The number of fused-ring (bicyclic) bond motifs is 1. The molecule has 5 heteroatoms. The van der Waals surface area contributed by atoms with E-state index in [1.807, 2.05) is 12.3 Å². The van der Waals surface area contributed by atoms with Gasteiger partial charge in [0.1, 0.15) is 5.75 Å². The molecule has 1 aromatic carbocycles. The zero-order valence-electron chi connectivity index (χ0n) is 12.1. The van der Waals surface area contributed by atoms with Gasteiger partial charge in [0.05, 0.1) is 13.3 Å². The first-order chi connectivity index (χ1) is 10.3. The van der Waals surface area contributed by atoms with E-state index in [1.54, 1.807) is 12.1 Å². The molecule has 0 radical (unpaired) electrons. The lowest BCUT2D eigenvalue weighted by atomic mass is 10.1. The number of hydrogen-bond donors (Lipinski definition) is 2. The number of phenolic OH excluding ortho intramolecular Hbond substituents is 1. The first-order valence-electron chi connectivity index (χ1n) is 7.38. The molecule has 1 aromatic heterocycles. The predicted octanol–water partition coefficient (Wildman–Crippen LogP) is 3.44. The van der Waals surface area contributed by atoms with Crippen LogP contribution in [0.3, 0.4) is 0 Å². The van der Waals surface area contributed by atoms with Gasteiger partial charge in [-0.2, -0.15) is 0 Å². The van der Waals surface area contributed by atoms with Crippen LogP contribution in [-0.4, -0.2) is 48.0 Å². The number of phenols is 1. The molecule has 0 saturated carbocycles. The van der Waals surface area contributed by atoms with Gasteiger partial charge < -0.3 is 15.0 Å². The van der Waals surface area contributed by atoms with Gasteiger partial charge in [-0.05, 0) is 37.0 Å². The van der Waals surface area contributed by atoms with E-state index in [0.717, 1.165) is 29.4 Å². The topological polar surface area (TPSA) is 39.3 Å². The van der Waals surface area contributed by atoms with Crippen LogP contribution in [-0.2, 0) is 6.42 Å². The lowest BCUT2D eigenvalue weighted by Gasteiger charge is -2.21. The van der Waals surface area contributed by atoms with Gasteiger partial charge in [0.2, 0.25) is 0 Å². The molecule has 0 aliphatic heterocycles. The van der Waals surface area contributed by atoms with E-state index in [0.29, 0.717) is 25.9 Å². The van der Waals surface area contributed by atoms with E-state index in [-0.39, 0.29) is 19.1 Å².